The monoisotopic (exact) mass is 369 g/mol. The predicted molar refractivity (Wildman–Crippen MR) is 95.4 cm³/mol. The average Bonchev–Trinajstić information content (AvgIpc) is 2.38. The van der Waals surface area contributed by atoms with Gasteiger partial charge in [0.2, 0.25) is 0 Å². The molecule has 0 saturated carbocycles. The minimum absolute atomic E-state index is 0.116. The van der Waals surface area contributed by atoms with Crippen LogP contribution in [-0.2, 0) is 9.53 Å². The van der Waals surface area contributed by atoms with Crippen LogP contribution in [0, 0.1) is 0 Å². The van der Waals surface area contributed by atoms with E-state index >= 15 is 0 Å². The van der Waals surface area contributed by atoms with Gasteiger partial charge in [-0.15, -0.1) is 0 Å². The number of nitrogens with zero attached hydrogens (tertiary/aromatic N) is 1. The van der Waals surface area contributed by atoms with Gasteiger partial charge in [-0.25, -0.2) is 0 Å². The van der Waals surface area contributed by atoms with E-state index in [9.17, 15) is 4.79 Å². The van der Waals surface area contributed by atoms with Gasteiger partial charge < -0.3 is 4.74 Å². The highest BCUT2D eigenvalue weighted by atomic mass is 79.9. The highest BCUT2D eigenvalue weighted by Crippen LogP contribution is 2.26. The van der Waals surface area contributed by atoms with Gasteiger partial charge in [-0.1, -0.05) is 38.4 Å². The van der Waals surface area contributed by atoms with Crippen LogP contribution in [-0.4, -0.2) is 27.3 Å². The Bertz CT molecular complexity index is 511. The number of rotatable bonds is 7. The number of hydrogen-bond acceptors (Lipinski definition) is 2. The van der Waals surface area contributed by atoms with Crippen LogP contribution in [0.2, 0.25) is 25.7 Å². The molecule has 0 bridgehead atoms. The summed E-state index contributed by atoms with van der Waals surface area (Å²) < 4.78 is 6.60. The quantitative estimate of drug-likeness (QED) is 0.302. The highest BCUT2D eigenvalue weighted by molar-refractivity contribution is 9.10. The van der Waals surface area contributed by atoms with E-state index in [1.54, 1.807) is 11.8 Å². The minimum Gasteiger partial charge on any atom is -0.361 e. The molecule has 0 heterocycles. The molecule has 21 heavy (non-hydrogen) atoms. The molecule has 0 aliphatic carbocycles. The van der Waals surface area contributed by atoms with Crippen LogP contribution in [0.4, 0.5) is 5.69 Å². The molecular weight excluding hydrogens is 346 g/mol. The molecular formula is C16H24BrNO2Si. The predicted octanol–water partition coefficient (Wildman–Crippen LogP) is 4.67. The Morgan fingerprint density at radius 1 is 1.33 bits per heavy atom. The lowest BCUT2D eigenvalue weighted by atomic mass is 10.2. The Labute approximate surface area is 137 Å². The standard InChI is InChI=1S/C16H24BrNO2Si/c1-13(2)16(19)18(12-20-10-11-21(3,4)5)15-9-7-6-8-14(15)17/h6-9H,1,10-12H2,2-5H3. The zero-order chi connectivity index (χ0) is 16.0. The SMILES string of the molecule is C=C(C)C(=O)N(COCC[Si](C)(C)C)c1ccccc1Br. The molecule has 0 aliphatic heterocycles. The van der Waals surface area contributed by atoms with Crippen molar-refractivity contribution in [2.24, 2.45) is 0 Å². The molecule has 116 valence electrons. The molecule has 3 nitrogen and oxygen atoms in total. The molecule has 0 aromatic heterocycles. The van der Waals surface area contributed by atoms with Gasteiger partial charge in [0.05, 0.1) is 5.69 Å². The Morgan fingerprint density at radius 2 is 1.95 bits per heavy atom. The maximum Gasteiger partial charge on any atom is 0.255 e. The number of ether oxygens (including phenoxy) is 1. The molecule has 0 N–H and O–H groups in total. The summed E-state index contributed by atoms with van der Waals surface area (Å²) in [5, 5.41) is 0. The molecule has 0 saturated heterocycles. The van der Waals surface area contributed by atoms with Gasteiger partial charge in [0.15, 0.2) is 0 Å². The van der Waals surface area contributed by atoms with E-state index in [1.165, 1.54) is 0 Å². The lowest BCUT2D eigenvalue weighted by Crippen LogP contribution is -2.34. The number of anilines is 1. The number of carbonyl (C=O) groups excluding carboxylic acids is 1. The number of para-hydroxylation sites is 1. The van der Waals surface area contributed by atoms with Gasteiger partial charge in [-0.05, 0) is 41.0 Å². The van der Waals surface area contributed by atoms with Crippen molar-refractivity contribution in [3.63, 3.8) is 0 Å². The van der Waals surface area contributed by atoms with E-state index in [0.29, 0.717) is 12.2 Å². The molecule has 0 unspecified atom stereocenters. The Hall–Kier alpha value is -0.913. The summed E-state index contributed by atoms with van der Waals surface area (Å²) in [7, 11) is -1.12. The van der Waals surface area contributed by atoms with Crippen molar-refractivity contribution in [3.05, 3.63) is 40.9 Å². The zero-order valence-corrected chi connectivity index (χ0v) is 15.9. The number of carbonyl (C=O) groups is 1. The van der Waals surface area contributed by atoms with Crippen molar-refractivity contribution in [2.45, 2.75) is 32.6 Å². The Kier molecular flexibility index (Phi) is 6.84. The van der Waals surface area contributed by atoms with Crippen LogP contribution in [0.5, 0.6) is 0 Å². The number of halogens is 1. The first-order chi connectivity index (χ1) is 9.72. The van der Waals surface area contributed by atoms with Gasteiger partial charge in [-0.3, -0.25) is 9.69 Å². The van der Waals surface area contributed by atoms with Crippen molar-refractivity contribution < 1.29 is 9.53 Å². The first kappa shape index (κ1) is 18.1. The van der Waals surface area contributed by atoms with Crippen molar-refractivity contribution in [1.82, 2.24) is 0 Å². The number of benzene rings is 1. The van der Waals surface area contributed by atoms with Crippen LogP contribution < -0.4 is 4.90 Å². The van der Waals surface area contributed by atoms with Gasteiger partial charge in [-0.2, -0.15) is 0 Å². The second-order valence-electron chi connectivity index (χ2n) is 6.31. The molecule has 0 fully saturated rings. The third kappa shape index (κ3) is 6.16. The summed E-state index contributed by atoms with van der Waals surface area (Å²) in [6.07, 6.45) is 0. The van der Waals surface area contributed by atoms with Crippen molar-refractivity contribution in [2.75, 3.05) is 18.2 Å². The van der Waals surface area contributed by atoms with Crippen LogP contribution in [0.3, 0.4) is 0 Å². The van der Waals surface area contributed by atoms with Crippen LogP contribution in [0.1, 0.15) is 6.92 Å². The van der Waals surface area contributed by atoms with E-state index in [2.05, 4.69) is 42.1 Å². The average molecular weight is 370 g/mol. The fourth-order valence-electron chi connectivity index (χ4n) is 1.67. The molecule has 5 heteroatoms. The molecule has 0 spiro atoms. The third-order valence-electron chi connectivity index (χ3n) is 2.97. The molecule has 0 atom stereocenters. The number of amides is 1. The van der Waals surface area contributed by atoms with E-state index in [-0.39, 0.29) is 12.6 Å². The first-order valence-electron chi connectivity index (χ1n) is 7.02. The summed E-state index contributed by atoms with van der Waals surface area (Å²) in [5.74, 6) is -0.116. The van der Waals surface area contributed by atoms with Crippen LogP contribution in [0.25, 0.3) is 0 Å². The Balaban J connectivity index is 2.78. The van der Waals surface area contributed by atoms with Crippen molar-refractivity contribution in [1.29, 1.82) is 0 Å². The van der Waals surface area contributed by atoms with E-state index < -0.39 is 8.07 Å². The molecule has 0 radical (unpaired) electrons. The van der Waals surface area contributed by atoms with E-state index in [4.69, 9.17) is 4.74 Å². The minimum atomic E-state index is -1.12. The van der Waals surface area contributed by atoms with Crippen LogP contribution in [0.15, 0.2) is 40.9 Å². The molecule has 1 rings (SSSR count). The van der Waals surface area contributed by atoms with Gasteiger partial charge >= 0.3 is 0 Å². The second-order valence-corrected chi connectivity index (χ2v) is 12.8. The maximum absolute atomic E-state index is 12.3. The second kappa shape index (κ2) is 7.92. The highest BCUT2D eigenvalue weighted by Gasteiger charge is 2.19. The van der Waals surface area contributed by atoms with Gasteiger partial charge in [0.1, 0.15) is 6.73 Å². The summed E-state index contributed by atoms with van der Waals surface area (Å²) in [5.41, 5.74) is 1.30. The molecule has 0 aliphatic rings. The molecule has 1 aromatic carbocycles. The fraction of sp³-hybridized carbons (Fsp3) is 0.438. The fourth-order valence-corrected chi connectivity index (χ4v) is 2.93. The zero-order valence-electron chi connectivity index (χ0n) is 13.3. The van der Waals surface area contributed by atoms with Crippen molar-refractivity contribution >= 4 is 35.6 Å². The first-order valence-corrected chi connectivity index (χ1v) is 11.5. The lowest BCUT2D eigenvalue weighted by molar-refractivity contribution is -0.116. The van der Waals surface area contributed by atoms with Gasteiger partial charge in [0.25, 0.3) is 5.91 Å². The summed E-state index contributed by atoms with van der Waals surface area (Å²) >= 11 is 3.48. The smallest absolute Gasteiger partial charge is 0.255 e. The van der Waals surface area contributed by atoms with Crippen molar-refractivity contribution in [3.8, 4) is 0 Å². The topological polar surface area (TPSA) is 29.5 Å². The van der Waals surface area contributed by atoms with E-state index in [0.717, 1.165) is 16.2 Å². The Morgan fingerprint density at radius 3 is 2.48 bits per heavy atom. The third-order valence-corrected chi connectivity index (χ3v) is 5.34. The summed E-state index contributed by atoms with van der Waals surface area (Å²) in [4.78, 5) is 13.9. The van der Waals surface area contributed by atoms with E-state index in [1.807, 2.05) is 24.3 Å². The number of hydrogen-bond donors (Lipinski definition) is 0. The largest absolute Gasteiger partial charge is 0.361 e. The molecule has 1 amide bonds. The normalized spacial score (nSPS) is 11.3. The molecule has 1 aromatic rings. The summed E-state index contributed by atoms with van der Waals surface area (Å²) in [6.45, 7) is 13.3. The maximum atomic E-state index is 12.3. The summed E-state index contributed by atoms with van der Waals surface area (Å²) in [6, 6.07) is 8.71. The van der Waals surface area contributed by atoms with Gasteiger partial charge in [0, 0.05) is 24.7 Å². The lowest BCUT2D eigenvalue weighted by Gasteiger charge is -2.25. The van der Waals surface area contributed by atoms with Crippen LogP contribution >= 0.6 is 15.9 Å².